The van der Waals surface area contributed by atoms with Crippen LogP contribution in [-0.2, 0) is 19.1 Å². The topological polar surface area (TPSA) is 223 Å². The summed E-state index contributed by atoms with van der Waals surface area (Å²) < 4.78 is 33.3. The molecule has 2 aromatic carbocycles. The van der Waals surface area contributed by atoms with Crippen molar-refractivity contribution >= 4 is 35.1 Å². The van der Waals surface area contributed by atoms with Crippen LogP contribution in [0.5, 0.6) is 23.0 Å². The van der Waals surface area contributed by atoms with Crippen molar-refractivity contribution in [3.63, 3.8) is 0 Å². The van der Waals surface area contributed by atoms with Crippen LogP contribution in [-0.4, -0.2) is 122 Å². The first kappa shape index (κ1) is 37.9. The van der Waals surface area contributed by atoms with Gasteiger partial charge in [-0.1, -0.05) is 0 Å². The van der Waals surface area contributed by atoms with Crippen molar-refractivity contribution in [2.75, 3.05) is 65.2 Å². The number of aliphatic hydroxyl groups is 2. The number of hydrogen-bond acceptors (Lipinski definition) is 14. The maximum atomic E-state index is 13.5. The van der Waals surface area contributed by atoms with Gasteiger partial charge in [0.15, 0.2) is 23.0 Å². The molecule has 2 aliphatic rings. The number of amides is 2. The number of rotatable bonds is 14. The van der Waals surface area contributed by atoms with Gasteiger partial charge in [-0.2, -0.15) is 0 Å². The number of carbonyl (C=O) groups is 4. The molecule has 0 aromatic heterocycles. The van der Waals surface area contributed by atoms with Gasteiger partial charge in [-0.25, -0.2) is 0 Å². The van der Waals surface area contributed by atoms with Gasteiger partial charge in [0.25, 0.3) is 11.8 Å². The van der Waals surface area contributed by atoms with Crippen LogP contribution in [0.25, 0.3) is 0 Å². The third kappa shape index (κ3) is 8.98. The van der Waals surface area contributed by atoms with E-state index >= 15 is 0 Å². The second kappa shape index (κ2) is 17.1. The Kier molecular flexibility index (Phi) is 13.0. The smallest absolute Gasteiger partial charge is 0.302 e. The zero-order chi connectivity index (χ0) is 36.5. The first-order valence-corrected chi connectivity index (χ1v) is 16.3. The number of hydrogen-bond donors (Lipinski definition) is 4. The predicted octanol–water partition coefficient (Wildman–Crippen LogP) is 1.38. The van der Waals surface area contributed by atoms with E-state index in [1.807, 2.05) is 0 Å². The lowest BCUT2D eigenvalue weighted by Crippen LogP contribution is -2.51. The van der Waals surface area contributed by atoms with Gasteiger partial charge < -0.3 is 59.9 Å². The molecule has 4 atom stereocenters. The molecule has 2 amide bonds. The highest BCUT2D eigenvalue weighted by molar-refractivity contribution is 6.01. The molecule has 0 saturated carbocycles. The molecular weight excluding hydrogens is 656 g/mol. The summed E-state index contributed by atoms with van der Waals surface area (Å²) in [4.78, 5) is 52.7. The summed E-state index contributed by atoms with van der Waals surface area (Å²) in [6.45, 7) is 2.66. The van der Waals surface area contributed by atoms with E-state index in [1.165, 1.54) is 62.1 Å². The first-order valence-electron chi connectivity index (χ1n) is 16.3. The summed E-state index contributed by atoms with van der Waals surface area (Å²) in [7, 11) is 2.86. The van der Waals surface area contributed by atoms with Crippen LogP contribution < -0.4 is 30.4 Å². The third-order valence-electron chi connectivity index (χ3n) is 8.58. The van der Waals surface area contributed by atoms with Crippen molar-refractivity contribution in [2.24, 2.45) is 0 Å². The quantitative estimate of drug-likeness (QED) is 0.124. The lowest BCUT2D eigenvalue weighted by molar-refractivity contribution is -0.149. The average Bonchev–Trinajstić information content (AvgIpc) is 3.49. The van der Waals surface area contributed by atoms with E-state index in [-0.39, 0.29) is 73.5 Å². The van der Waals surface area contributed by atoms with Crippen LogP contribution in [0, 0.1) is 0 Å². The van der Waals surface area contributed by atoms with Gasteiger partial charge in [0.2, 0.25) is 0 Å². The number of anilines is 2. The molecule has 0 aliphatic carbocycles. The molecule has 274 valence electrons. The number of carbonyl (C=O) groups excluding carboxylic acids is 4. The van der Waals surface area contributed by atoms with Crippen LogP contribution in [0.15, 0.2) is 24.3 Å². The Morgan fingerprint density at radius 1 is 0.700 bits per heavy atom. The lowest BCUT2D eigenvalue weighted by atomic mass is 9.98. The summed E-state index contributed by atoms with van der Waals surface area (Å²) in [5.41, 5.74) is 13.1. The number of ether oxygens (including phenoxy) is 6. The highest BCUT2D eigenvalue weighted by atomic mass is 16.6. The molecule has 0 bridgehead atoms. The summed E-state index contributed by atoms with van der Waals surface area (Å²) in [5, 5.41) is 19.7. The summed E-state index contributed by atoms with van der Waals surface area (Å²) in [6.07, 6.45) is 0.693. The minimum absolute atomic E-state index is 0.125. The first-order chi connectivity index (χ1) is 23.9. The zero-order valence-corrected chi connectivity index (χ0v) is 28.7. The molecule has 4 unspecified atom stereocenters. The normalized spacial score (nSPS) is 20.2. The fraction of sp³-hybridized carbons (Fsp3) is 0.529. The van der Waals surface area contributed by atoms with Crippen LogP contribution in [0.1, 0.15) is 60.2 Å². The monoisotopic (exact) mass is 702 g/mol. The van der Waals surface area contributed by atoms with Gasteiger partial charge in [-0.3, -0.25) is 19.2 Å². The fourth-order valence-electron chi connectivity index (χ4n) is 6.18. The van der Waals surface area contributed by atoms with Gasteiger partial charge in [0.05, 0.1) is 76.9 Å². The van der Waals surface area contributed by atoms with Gasteiger partial charge in [0, 0.05) is 50.2 Å². The second-order valence-electron chi connectivity index (χ2n) is 12.1. The highest BCUT2D eigenvalue weighted by Gasteiger charge is 2.38. The van der Waals surface area contributed by atoms with Crippen molar-refractivity contribution in [2.45, 2.75) is 63.8 Å². The fourth-order valence-corrected chi connectivity index (χ4v) is 6.18. The van der Waals surface area contributed by atoms with Gasteiger partial charge in [-0.15, -0.1) is 0 Å². The number of methoxy groups -OCH3 is 2. The molecule has 4 rings (SSSR count). The van der Waals surface area contributed by atoms with E-state index in [9.17, 15) is 29.4 Å². The van der Waals surface area contributed by atoms with Crippen molar-refractivity contribution in [1.82, 2.24) is 9.80 Å². The molecule has 2 heterocycles. The Morgan fingerprint density at radius 2 is 1.16 bits per heavy atom. The number of likely N-dealkylation sites (tertiary alicyclic amines) is 2. The van der Waals surface area contributed by atoms with E-state index in [0.717, 1.165) is 0 Å². The molecule has 6 N–H and O–H groups in total. The van der Waals surface area contributed by atoms with Crippen LogP contribution in [0.4, 0.5) is 11.4 Å². The van der Waals surface area contributed by atoms with E-state index < -0.39 is 48.0 Å². The molecule has 2 fully saturated rings. The third-order valence-corrected chi connectivity index (χ3v) is 8.58. The van der Waals surface area contributed by atoms with Crippen molar-refractivity contribution < 1.29 is 57.8 Å². The van der Waals surface area contributed by atoms with Gasteiger partial charge in [-0.05, 0) is 25.0 Å². The minimum Gasteiger partial charge on any atom is -0.493 e. The minimum atomic E-state index is -0.534. The van der Waals surface area contributed by atoms with Gasteiger partial charge >= 0.3 is 11.9 Å². The van der Waals surface area contributed by atoms with Crippen molar-refractivity contribution in [1.29, 1.82) is 0 Å². The SMILES string of the molecule is COc1cc(C(=O)N2CC(OC(C)=O)CCC2CO)c(N)cc1OCCCOc1cc(N)c(C(=O)N2CC(OC(C)=O)CC2CO)cc1OC. The number of piperidine rings is 1. The van der Waals surface area contributed by atoms with Crippen molar-refractivity contribution in [3.8, 4) is 23.0 Å². The average molecular weight is 703 g/mol. The molecule has 2 aliphatic heterocycles. The van der Waals surface area contributed by atoms with Crippen LogP contribution >= 0.6 is 0 Å². The maximum Gasteiger partial charge on any atom is 0.302 e. The Hall–Kier alpha value is -4.96. The number of nitrogens with zero attached hydrogens (tertiary/aromatic N) is 2. The molecule has 2 saturated heterocycles. The number of nitrogens with two attached hydrogens (primary N) is 2. The summed E-state index contributed by atoms with van der Waals surface area (Å²) in [5.74, 6) is -0.634. The number of esters is 2. The largest absolute Gasteiger partial charge is 0.493 e. The number of aliphatic hydroxyl groups excluding tert-OH is 2. The number of nitrogen functional groups attached to an aromatic ring is 2. The summed E-state index contributed by atoms with van der Waals surface area (Å²) >= 11 is 0. The molecule has 16 nitrogen and oxygen atoms in total. The van der Waals surface area contributed by atoms with E-state index in [4.69, 9.17) is 39.9 Å². The summed E-state index contributed by atoms with van der Waals surface area (Å²) in [6, 6.07) is 4.93. The Bertz CT molecular complexity index is 1550. The highest BCUT2D eigenvalue weighted by Crippen LogP contribution is 2.36. The van der Waals surface area contributed by atoms with E-state index in [2.05, 4.69) is 0 Å². The molecule has 50 heavy (non-hydrogen) atoms. The molecular formula is C34H46N4O12. The zero-order valence-electron chi connectivity index (χ0n) is 28.7. The predicted molar refractivity (Wildman–Crippen MR) is 179 cm³/mol. The van der Waals surface area contributed by atoms with Crippen molar-refractivity contribution in [3.05, 3.63) is 35.4 Å². The van der Waals surface area contributed by atoms with E-state index in [0.29, 0.717) is 37.2 Å². The molecule has 2 aromatic rings. The Balaban J connectivity index is 1.36. The molecule has 0 radical (unpaired) electrons. The standard InChI is InChI=1S/C34H46N4O12/c1-19(41)49-23-7-6-21(17-39)37(15-23)33(43)25-11-29(45-3)31(13-27(25)35)47-8-5-9-48-32-14-28(36)26(12-30(32)46-4)34(44)38-16-24(50-20(2)42)10-22(38)18-40/h11-14,21-24,39-40H,5-10,15-18,35-36H2,1-4H3. The second-order valence-corrected chi connectivity index (χ2v) is 12.1. The molecule has 16 heteroatoms. The molecule has 0 spiro atoms. The number of benzene rings is 2. The van der Waals surface area contributed by atoms with Crippen LogP contribution in [0.2, 0.25) is 0 Å². The van der Waals surface area contributed by atoms with Crippen LogP contribution in [0.3, 0.4) is 0 Å². The van der Waals surface area contributed by atoms with E-state index in [1.54, 1.807) is 0 Å². The Labute approximate surface area is 290 Å². The van der Waals surface area contributed by atoms with Gasteiger partial charge in [0.1, 0.15) is 12.2 Å². The maximum absolute atomic E-state index is 13.5. The Morgan fingerprint density at radius 3 is 1.62 bits per heavy atom. The lowest BCUT2D eigenvalue weighted by Gasteiger charge is -2.38.